The van der Waals surface area contributed by atoms with Crippen molar-refractivity contribution in [2.75, 3.05) is 36.6 Å². The number of benzene rings is 2. The Hall–Kier alpha value is -4.46. The van der Waals surface area contributed by atoms with Crippen LogP contribution >= 0.6 is 11.8 Å². The predicted octanol–water partition coefficient (Wildman–Crippen LogP) is 3.11. The van der Waals surface area contributed by atoms with Gasteiger partial charge in [-0.1, -0.05) is 11.8 Å². The maximum absolute atomic E-state index is 13.7. The van der Waals surface area contributed by atoms with E-state index >= 15 is 0 Å². The molecule has 0 fully saturated rings. The van der Waals surface area contributed by atoms with Crippen LogP contribution in [0.5, 0.6) is 0 Å². The SMILES string of the molecule is CCOC(=O)C1=C(N(C(=O)CC(=O)OC)c2ccc(F)cc2)SCN1N(C(=O)CC(=O)OC)c1ccc(F)cc1. The van der Waals surface area contributed by atoms with Crippen molar-refractivity contribution in [3.05, 3.63) is 70.9 Å². The van der Waals surface area contributed by atoms with Gasteiger partial charge in [0.05, 0.1) is 32.4 Å². The first-order chi connectivity index (χ1) is 19.1. The van der Waals surface area contributed by atoms with Crippen LogP contribution in [0.15, 0.2) is 59.3 Å². The van der Waals surface area contributed by atoms with E-state index in [0.717, 1.165) is 60.2 Å². The Kier molecular flexibility index (Phi) is 10.2. The lowest BCUT2D eigenvalue weighted by Crippen LogP contribution is -2.47. The molecule has 0 aliphatic carbocycles. The molecule has 0 aromatic heterocycles. The summed E-state index contributed by atoms with van der Waals surface area (Å²) in [6.45, 7) is 1.47. The molecule has 3 rings (SSSR count). The van der Waals surface area contributed by atoms with E-state index in [4.69, 9.17) is 4.74 Å². The Morgan fingerprint density at radius 3 is 1.82 bits per heavy atom. The number of methoxy groups -OCH3 is 2. The first kappa shape index (κ1) is 30.1. The summed E-state index contributed by atoms with van der Waals surface area (Å²) in [5.74, 6) is -5.69. The number of hydrogen-bond acceptors (Lipinski definition) is 10. The first-order valence-corrected chi connectivity index (χ1v) is 12.7. The largest absolute Gasteiger partial charge is 0.469 e. The highest BCUT2D eigenvalue weighted by molar-refractivity contribution is 8.03. The fourth-order valence-corrected chi connectivity index (χ4v) is 4.75. The van der Waals surface area contributed by atoms with E-state index < -0.39 is 54.2 Å². The number of hydrazine groups is 1. The molecule has 14 heteroatoms. The number of rotatable bonds is 10. The van der Waals surface area contributed by atoms with Crippen molar-refractivity contribution >= 4 is 52.9 Å². The third kappa shape index (κ3) is 6.94. The molecule has 2 aromatic rings. The summed E-state index contributed by atoms with van der Waals surface area (Å²) in [6.07, 6.45) is -1.46. The number of amides is 2. The van der Waals surface area contributed by atoms with Crippen LogP contribution in [0.4, 0.5) is 20.2 Å². The van der Waals surface area contributed by atoms with E-state index in [1.165, 1.54) is 29.3 Å². The summed E-state index contributed by atoms with van der Waals surface area (Å²) >= 11 is 0.931. The third-order valence-corrected chi connectivity index (χ3v) is 6.41. The fraction of sp³-hybridized carbons (Fsp3) is 0.269. The molecule has 2 aromatic carbocycles. The van der Waals surface area contributed by atoms with E-state index in [0.29, 0.717) is 0 Å². The Labute approximate surface area is 232 Å². The summed E-state index contributed by atoms with van der Waals surface area (Å²) in [5.41, 5.74) is -0.0965. The quantitative estimate of drug-likeness (QED) is 0.236. The standard InChI is InChI=1S/C26H25F2N3O8S/c1-4-39-26(36)24-25(30(20(32)13-22(34)37-2)18-9-5-16(27)6-10-18)40-15-29(24)31(21(33)14-23(35)38-3)19-11-7-17(28)8-12-19/h5-12H,4,13-15H2,1-3H3. The van der Waals surface area contributed by atoms with Crippen molar-refractivity contribution in [1.82, 2.24) is 5.01 Å². The van der Waals surface area contributed by atoms with E-state index in [2.05, 4.69) is 9.47 Å². The lowest BCUT2D eigenvalue weighted by Gasteiger charge is -2.34. The van der Waals surface area contributed by atoms with Crippen LogP contribution in [0.3, 0.4) is 0 Å². The second-order valence-electron chi connectivity index (χ2n) is 7.94. The molecule has 1 heterocycles. The molecule has 0 spiro atoms. The van der Waals surface area contributed by atoms with Gasteiger partial charge in [-0.3, -0.25) is 29.1 Å². The Morgan fingerprint density at radius 1 is 0.825 bits per heavy atom. The molecule has 0 radical (unpaired) electrons. The molecule has 11 nitrogen and oxygen atoms in total. The average Bonchev–Trinajstić information content (AvgIpc) is 3.35. The zero-order valence-corrected chi connectivity index (χ0v) is 22.5. The maximum Gasteiger partial charge on any atom is 0.359 e. The van der Waals surface area contributed by atoms with Crippen molar-refractivity contribution in [3.63, 3.8) is 0 Å². The van der Waals surface area contributed by atoms with Crippen LogP contribution in [0.2, 0.25) is 0 Å². The summed E-state index contributed by atoms with van der Waals surface area (Å²) in [4.78, 5) is 65.0. The maximum atomic E-state index is 13.7. The number of carbonyl (C=O) groups is 5. The topological polar surface area (TPSA) is 123 Å². The van der Waals surface area contributed by atoms with Crippen molar-refractivity contribution in [2.24, 2.45) is 0 Å². The number of nitrogens with zero attached hydrogens (tertiary/aromatic N) is 3. The number of anilines is 2. The molecule has 1 aliphatic heterocycles. The molecular formula is C26H25F2N3O8S. The van der Waals surface area contributed by atoms with Crippen molar-refractivity contribution < 1.29 is 47.0 Å². The Bertz CT molecular complexity index is 1320. The second-order valence-corrected chi connectivity index (χ2v) is 8.87. The summed E-state index contributed by atoms with van der Waals surface area (Å²) in [5, 5.41) is 2.09. The van der Waals surface area contributed by atoms with Crippen LogP contribution in [0.1, 0.15) is 19.8 Å². The third-order valence-electron chi connectivity index (χ3n) is 5.39. The summed E-state index contributed by atoms with van der Waals surface area (Å²) in [7, 11) is 2.19. The van der Waals surface area contributed by atoms with Gasteiger partial charge in [0.25, 0.3) is 5.91 Å². The molecule has 0 atom stereocenters. The highest BCUT2D eigenvalue weighted by Crippen LogP contribution is 2.40. The lowest BCUT2D eigenvalue weighted by atomic mass is 10.2. The fourth-order valence-electron chi connectivity index (χ4n) is 3.60. The van der Waals surface area contributed by atoms with E-state index in [1.54, 1.807) is 6.92 Å². The van der Waals surface area contributed by atoms with Crippen molar-refractivity contribution in [1.29, 1.82) is 0 Å². The predicted molar refractivity (Wildman–Crippen MR) is 139 cm³/mol. The minimum Gasteiger partial charge on any atom is -0.469 e. The van der Waals surface area contributed by atoms with E-state index in [-0.39, 0.29) is 34.6 Å². The van der Waals surface area contributed by atoms with Crippen LogP contribution in [0.25, 0.3) is 0 Å². The lowest BCUT2D eigenvalue weighted by molar-refractivity contribution is -0.145. The normalized spacial score (nSPS) is 12.6. The molecule has 0 unspecified atom stereocenters. The smallest absolute Gasteiger partial charge is 0.359 e. The van der Waals surface area contributed by atoms with Crippen molar-refractivity contribution in [3.8, 4) is 0 Å². The van der Waals surface area contributed by atoms with Gasteiger partial charge in [-0.25, -0.2) is 18.6 Å². The molecule has 0 N–H and O–H groups in total. The summed E-state index contributed by atoms with van der Waals surface area (Å²) < 4.78 is 41.9. The van der Waals surface area contributed by atoms with E-state index in [1.807, 2.05) is 0 Å². The zero-order valence-electron chi connectivity index (χ0n) is 21.7. The number of esters is 3. The molecular weight excluding hydrogens is 552 g/mol. The molecule has 0 saturated carbocycles. The Morgan fingerprint density at radius 2 is 1.32 bits per heavy atom. The highest BCUT2D eigenvalue weighted by atomic mass is 32.2. The number of hydrogen-bond donors (Lipinski definition) is 0. The molecule has 40 heavy (non-hydrogen) atoms. The minimum absolute atomic E-state index is 0.0445. The van der Waals surface area contributed by atoms with Gasteiger partial charge >= 0.3 is 17.9 Å². The molecule has 212 valence electrons. The van der Waals surface area contributed by atoms with Gasteiger partial charge in [0.1, 0.15) is 29.5 Å². The number of carbonyl (C=O) groups excluding carboxylic acids is 5. The monoisotopic (exact) mass is 577 g/mol. The van der Waals surface area contributed by atoms with Gasteiger partial charge in [0.15, 0.2) is 5.70 Å². The number of thioether (sulfide) groups is 1. The van der Waals surface area contributed by atoms with Gasteiger partial charge in [0.2, 0.25) is 5.91 Å². The van der Waals surface area contributed by atoms with Gasteiger partial charge in [-0.05, 0) is 55.5 Å². The highest BCUT2D eigenvalue weighted by Gasteiger charge is 2.41. The van der Waals surface area contributed by atoms with Crippen LogP contribution in [0, 0.1) is 11.6 Å². The molecule has 2 amide bonds. The van der Waals surface area contributed by atoms with Gasteiger partial charge < -0.3 is 14.2 Å². The Balaban J connectivity index is 2.22. The zero-order chi connectivity index (χ0) is 29.4. The minimum atomic E-state index is -0.946. The van der Waals surface area contributed by atoms with Crippen molar-refractivity contribution in [2.45, 2.75) is 19.8 Å². The number of ether oxygens (including phenoxy) is 3. The van der Waals surface area contributed by atoms with Gasteiger partial charge in [-0.15, -0.1) is 0 Å². The molecule has 0 bridgehead atoms. The second kappa shape index (κ2) is 13.6. The van der Waals surface area contributed by atoms with Crippen LogP contribution < -0.4 is 9.91 Å². The van der Waals surface area contributed by atoms with Crippen LogP contribution in [-0.2, 0) is 38.2 Å². The number of halogens is 2. The molecule has 0 saturated heterocycles. The summed E-state index contributed by atoms with van der Waals surface area (Å²) in [6, 6.07) is 9.38. The van der Waals surface area contributed by atoms with E-state index in [9.17, 15) is 32.8 Å². The molecule has 1 aliphatic rings. The average molecular weight is 578 g/mol. The first-order valence-electron chi connectivity index (χ1n) is 11.7. The van der Waals surface area contributed by atoms with Gasteiger partial charge in [0, 0.05) is 5.69 Å². The van der Waals surface area contributed by atoms with Crippen LogP contribution in [-0.4, -0.2) is 61.4 Å². The van der Waals surface area contributed by atoms with Gasteiger partial charge in [-0.2, -0.15) is 0 Å².